The quantitative estimate of drug-likeness (QED) is 0.268. The largest absolute Gasteiger partial charge is 0.507 e. The molecule has 1 amide bonds. The molecule has 0 bridgehead atoms. The number of aliphatic hydroxyl groups is 1. The third-order valence-corrected chi connectivity index (χ3v) is 6.54. The number of hydrogen-bond donors (Lipinski definition) is 1. The van der Waals surface area contributed by atoms with E-state index in [9.17, 15) is 14.7 Å². The summed E-state index contributed by atoms with van der Waals surface area (Å²) in [6.07, 6.45) is 0.705. The van der Waals surface area contributed by atoms with E-state index in [1.165, 1.54) is 0 Å². The molecule has 0 unspecified atom stereocenters. The zero-order valence-electron chi connectivity index (χ0n) is 20.7. The number of nitrogens with zero attached hydrogens (tertiary/aromatic N) is 2. The van der Waals surface area contributed by atoms with Crippen LogP contribution in [-0.2, 0) is 9.59 Å². The van der Waals surface area contributed by atoms with Crippen LogP contribution in [0.5, 0.6) is 11.5 Å². The summed E-state index contributed by atoms with van der Waals surface area (Å²) in [4.78, 5) is 30.1. The molecule has 188 valence electrons. The Hall–Kier alpha value is -3.03. The van der Waals surface area contributed by atoms with Gasteiger partial charge in [-0.05, 0) is 68.9 Å². The second kappa shape index (κ2) is 12.1. The molecular formula is C27H33ClN2O5. The minimum atomic E-state index is -0.719. The fraction of sp³-hybridized carbons (Fsp3) is 0.407. The molecule has 3 rings (SSSR count). The first-order chi connectivity index (χ1) is 16.9. The lowest BCUT2D eigenvalue weighted by atomic mass is 9.95. The molecule has 1 N–H and O–H groups in total. The highest BCUT2D eigenvalue weighted by Crippen LogP contribution is 2.40. The lowest BCUT2D eigenvalue weighted by molar-refractivity contribution is -0.140. The molecule has 0 saturated carbocycles. The van der Waals surface area contributed by atoms with Crippen LogP contribution in [0.2, 0.25) is 5.02 Å². The fourth-order valence-electron chi connectivity index (χ4n) is 4.32. The summed E-state index contributed by atoms with van der Waals surface area (Å²) in [6.45, 7) is 9.50. The van der Waals surface area contributed by atoms with Crippen molar-refractivity contribution in [2.75, 3.05) is 39.9 Å². The first kappa shape index (κ1) is 26.6. The van der Waals surface area contributed by atoms with Gasteiger partial charge in [0, 0.05) is 12.1 Å². The molecule has 1 saturated heterocycles. The number of hydrogen-bond acceptors (Lipinski definition) is 6. The molecule has 1 atom stereocenters. The standard InChI is InChI=1S/C27H33ClN2O5/c1-5-29(6-2)15-8-16-30-24(18-9-12-20(34-4)13-10-18)23(26(32)27(30)33)25(31)19-11-14-22(35-7-3)21(28)17-19/h9-14,17,24,31H,5-8,15-16H2,1-4H3/t24-/m0/s1. The number of rotatable bonds is 11. The van der Waals surface area contributed by atoms with Crippen LogP contribution in [0.25, 0.3) is 5.76 Å². The zero-order valence-corrected chi connectivity index (χ0v) is 21.5. The van der Waals surface area contributed by atoms with Crippen LogP contribution in [-0.4, -0.2) is 66.5 Å². The summed E-state index contributed by atoms with van der Waals surface area (Å²) in [5, 5.41) is 11.6. The van der Waals surface area contributed by atoms with E-state index >= 15 is 0 Å². The van der Waals surface area contributed by atoms with Crippen molar-refractivity contribution >= 4 is 29.1 Å². The Balaban J connectivity index is 2.04. The van der Waals surface area contributed by atoms with Gasteiger partial charge in [-0.2, -0.15) is 0 Å². The van der Waals surface area contributed by atoms with Gasteiger partial charge < -0.3 is 24.4 Å². The Labute approximate surface area is 211 Å². The molecule has 8 heteroatoms. The van der Waals surface area contributed by atoms with Crippen LogP contribution < -0.4 is 9.47 Å². The molecule has 2 aromatic carbocycles. The number of likely N-dealkylation sites (tertiary alicyclic amines) is 1. The number of benzene rings is 2. The zero-order chi connectivity index (χ0) is 25.5. The first-order valence-corrected chi connectivity index (χ1v) is 12.3. The molecule has 1 aliphatic rings. The van der Waals surface area contributed by atoms with Crippen LogP contribution in [0.3, 0.4) is 0 Å². The van der Waals surface area contributed by atoms with Gasteiger partial charge in [0.25, 0.3) is 11.7 Å². The topological polar surface area (TPSA) is 79.3 Å². The van der Waals surface area contributed by atoms with Gasteiger partial charge in [-0.25, -0.2) is 0 Å². The van der Waals surface area contributed by atoms with Gasteiger partial charge in [0.15, 0.2) is 0 Å². The average Bonchev–Trinajstić information content (AvgIpc) is 3.12. The van der Waals surface area contributed by atoms with Crippen molar-refractivity contribution in [3.05, 3.63) is 64.2 Å². The first-order valence-electron chi connectivity index (χ1n) is 11.9. The van der Waals surface area contributed by atoms with Crippen molar-refractivity contribution in [2.24, 2.45) is 0 Å². The van der Waals surface area contributed by atoms with E-state index in [-0.39, 0.29) is 11.3 Å². The summed E-state index contributed by atoms with van der Waals surface area (Å²) in [5.74, 6) is -0.458. The van der Waals surface area contributed by atoms with Gasteiger partial charge in [0.05, 0.1) is 30.4 Å². The predicted molar refractivity (Wildman–Crippen MR) is 137 cm³/mol. The molecule has 1 heterocycles. The highest BCUT2D eigenvalue weighted by Gasteiger charge is 2.45. The molecule has 1 aliphatic heterocycles. The summed E-state index contributed by atoms with van der Waals surface area (Å²) in [6, 6.07) is 11.3. The van der Waals surface area contributed by atoms with E-state index in [1.807, 2.05) is 19.1 Å². The van der Waals surface area contributed by atoms with Crippen molar-refractivity contribution in [3.63, 3.8) is 0 Å². The Morgan fingerprint density at radius 1 is 1.09 bits per heavy atom. The number of aliphatic hydroxyl groups excluding tert-OH is 1. The van der Waals surface area contributed by atoms with Gasteiger partial charge in [-0.3, -0.25) is 9.59 Å². The SMILES string of the molecule is CCOc1ccc(C(O)=C2C(=O)C(=O)N(CCCN(CC)CC)[C@H]2c2ccc(OC)cc2)cc1Cl. The van der Waals surface area contributed by atoms with Crippen LogP contribution in [0.15, 0.2) is 48.0 Å². The summed E-state index contributed by atoms with van der Waals surface area (Å²) >= 11 is 6.33. The number of ether oxygens (including phenoxy) is 2. The predicted octanol–water partition coefficient (Wildman–Crippen LogP) is 4.90. The highest BCUT2D eigenvalue weighted by molar-refractivity contribution is 6.46. The Morgan fingerprint density at radius 2 is 1.77 bits per heavy atom. The number of halogens is 1. The molecule has 0 radical (unpaired) electrons. The third kappa shape index (κ3) is 5.80. The van der Waals surface area contributed by atoms with Crippen molar-refractivity contribution in [1.82, 2.24) is 9.80 Å². The molecule has 1 fully saturated rings. The van der Waals surface area contributed by atoms with Gasteiger partial charge in [-0.15, -0.1) is 0 Å². The van der Waals surface area contributed by atoms with Gasteiger partial charge in [-0.1, -0.05) is 37.6 Å². The Kier molecular flexibility index (Phi) is 9.18. The van der Waals surface area contributed by atoms with E-state index in [2.05, 4.69) is 18.7 Å². The number of Topliss-reactive ketones (excluding diaryl/α,β-unsaturated/α-hetero) is 1. The van der Waals surface area contributed by atoms with E-state index < -0.39 is 17.7 Å². The van der Waals surface area contributed by atoms with Crippen molar-refractivity contribution in [3.8, 4) is 11.5 Å². The minimum absolute atomic E-state index is 0.0447. The second-order valence-electron chi connectivity index (χ2n) is 8.22. The van der Waals surface area contributed by atoms with Crippen molar-refractivity contribution in [2.45, 2.75) is 33.2 Å². The maximum atomic E-state index is 13.2. The third-order valence-electron chi connectivity index (χ3n) is 6.24. The summed E-state index contributed by atoms with van der Waals surface area (Å²) in [5.41, 5.74) is 1.10. The average molecular weight is 501 g/mol. The molecule has 0 aliphatic carbocycles. The molecule has 0 spiro atoms. The molecule has 2 aromatic rings. The van der Waals surface area contributed by atoms with Gasteiger partial charge >= 0.3 is 0 Å². The van der Waals surface area contributed by atoms with E-state index in [4.69, 9.17) is 21.1 Å². The number of carbonyl (C=O) groups excluding carboxylic acids is 2. The second-order valence-corrected chi connectivity index (χ2v) is 8.63. The lowest BCUT2D eigenvalue weighted by Gasteiger charge is -2.27. The lowest BCUT2D eigenvalue weighted by Crippen LogP contribution is -2.33. The molecular weight excluding hydrogens is 468 g/mol. The summed E-state index contributed by atoms with van der Waals surface area (Å²) < 4.78 is 10.7. The number of methoxy groups -OCH3 is 1. The molecule has 35 heavy (non-hydrogen) atoms. The fourth-order valence-corrected chi connectivity index (χ4v) is 4.56. The van der Waals surface area contributed by atoms with E-state index in [0.717, 1.165) is 19.6 Å². The molecule has 0 aromatic heterocycles. The normalized spacial score (nSPS) is 17.3. The van der Waals surface area contributed by atoms with Crippen LogP contribution in [0.1, 0.15) is 44.4 Å². The Bertz CT molecular complexity index is 1080. The highest BCUT2D eigenvalue weighted by atomic mass is 35.5. The Morgan fingerprint density at radius 3 is 2.34 bits per heavy atom. The number of ketones is 1. The minimum Gasteiger partial charge on any atom is -0.507 e. The number of carbonyl (C=O) groups is 2. The maximum absolute atomic E-state index is 13.2. The molecule has 7 nitrogen and oxygen atoms in total. The monoisotopic (exact) mass is 500 g/mol. The summed E-state index contributed by atoms with van der Waals surface area (Å²) in [7, 11) is 1.57. The van der Waals surface area contributed by atoms with Crippen LogP contribution >= 0.6 is 11.6 Å². The van der Waals surface area contributed by atoms with Crippen LogP contribution in [0, 0.1) is 0 Å². The van der Waals surface area contributed by atoms with Crippen LogP contribution in [0.4, 0.5) is 0 Å². The maximum Gasteiger partial charge on any atom is 0.295 e. The van der Waals surface area contributed by atoms with Gasteiger partial charge in [0.2, 0.25) is 0 Å². The van der Waals surface area contributed by atoms with Gasteiger partial charge in [0.1, 0.15) is 17.3 Å². The van der Waals surface area contributed by atoms with Crippen molar-refractivity contribution in [1.29, 1.82) is 0 Å². The van der Waals surface area contributed by atoms with E-state index in [1.54, 1.807) is 42.3 Å². The number of amides is 1. The van der Waals surface area contributed by atoms with E-state index in [0.29, 0.717) is 47.2 Å². The van der Waals surface area contributed by atoms with Crippen molar-refractivity contribution < 1.29 is 24.2 Å². The smallest absolute Gasteiger partial charge is 0.295 e.